The molecule has 0 aliphatic rings. The molecule has 0 radical (unpaired) electrons. The highest BCUT2D eigenvalue weighted by Crippen LogP contribution is 2.19. The van der Waals surface area contributed by atoms with Gasteiger partial charge in [0.05, 0.1) is 16.9 Å². The molecule has 2 aromatic carbocycles. The van der Waals surface area contributed by atoms with Crippen LogP contribution in [0.3, 0.4) is 0 Å². The van der Waals surface area contributed by atoms with E-state index in [0.29, 0.717) is 22.9 Å². The van der Waals surface area contributed by atoms with E-state index in [0.717, 1.165) is 16.4 Å². The third-order valence-corrected chi connectivity index (χ3v) is 5.12. The van der Waals surface area contributed by atoms with Gasteiger partial charge in [0.25, 0.3) is 0 Å². The molecule has 0 spiro atoms. The molecule has 0 N–H and O–H groups in total. The second-order valence-electron chi connectivity index (χ2n) is 6.05. The van der Waals surface area contributed by atoms with E-state index in [4.69, 9.17) is 21.1 Å². The average molecular weight is 426 g/mol. The molecule has 0 aliphatic carbocycles. The van der Waals surface area contributed by atoms with Crippen molar-refractivity contribution in [2.24, 2.45) is 0 Å². The number of nitrogens with zero attached hydrogens (tertiary/aromatic N) is 3. The van der Waals surface area contributed by atoms with Gasteiger partial charge in [-0.25, -0.2) is 14.5 Å². The summed E-state index contributed by atoms with van der Waals surface area (Å²) in [6.45, 7) is 0.451. The van der Waals surface area contributed by atoms with Gasteiger partial charge in [-0.05, 0) is 54.6 Å². The van der Waals surface area contributed by atoms with Crippen LogP contribution in [0.25, 0.3) is 5.69 Å². The highest BCUT2D eigenvalue weighted by molar-refractivity contribution is 7.09. The molecule has 29 heavy (non-hydrogen) atoms. The molecular weight excluding hydrogens is 410 g/mol. The lowest BCUT2D eigenvalue weighted by Gasteiger charge is -2.05. The lowest BCUT2D eigenvalue weighted by atomic mass is 10.2. The summed E-state index contributed by atoms with van der Waals surface area (Å²) in [7, 11) is 0. The van der Waals surface area contributed by atoms with E-state index in [2.05, 4.69) is 10.1 Å². The molecule has 8 heteroatoms. The molecule has 2 aromatic heterocycles. The fourth-order valence-electron chi connectivity index (χ4n) is 2.55. The van der Waals surface area contributed by atoms with Gasteiger partial charge >= 0.3 is 5.97 Å². The summed E-state index contributed by atoms with van der Waals surface area (Å²) in [4.78, 5) is 16.7. The molecule has 0 atom stereocenters. The highest BCUT2D eigenvalue weighted by Gasteiger charge is 2.10. The lowest BCUT2D eigenvalue weighted by molar-refractivity contribution is 0.0468. The smallest absolute Gasteiger partial charge is 0.338 e. The Bertz CT molecular complexity index is 1080. The molecule has 2 heterocycles. The van der Waals surface area contributed by atoms with E-state index in [9.17, 15) is 4.79 Å². The summed E-state index contributed by atoms with van der Waals surface area (Å²) in [5.41, 5.74) is 2.03. The minimum Gasteiger partial charge on any atom is -0.486 e. The lowest BCUT2D eigenvalue weighted by Crippen LogP contribution is -2.06. The van der Waals surface area contributed by atoms with Crippen LogP contribution < -0.4 is 4.74 Å². The molecule has 0 saturated heterocycles. The fourth-order valence-corrected chi connectivity index (χ4v) is 3.37. The van der Waals surface area contributed by atoms with Crippen molar-refractivity contribution < 1.29 is 14.3 Å². The summed E-state index contributed by atoms with van der Waals surface area (Å²) in [6.07, 6.45) is 3.54. The van der Waals surface area contributed by atoms with Crippen molar-refractivity contribution in [2.75, 3.05) is 0 Å². The molecule has 0 unspecified atom stereocenters. The molecule has 4 aromatic rings. The minimum absolute atomic E-state index is 0.108. The maximum Gasteiger partial charge on any atom is 0.338 e. The predicted octanol–water partition coefficient (Wildman–Crippen LogP) is 4.92. The first-order chi connectivity index (χ1) is 14.2. The van der Waals surface area contributed by atoms with Crippen molar-refractivity contribution in [1.29, 1.82) is 0 Å². The first-order valence-corrected chi connectivity index (χ1v) is 10.0. The van der Waals surface area contributed by atoms with Gasteiger partial charge in [-0.1, -0.05) is 11.6 Å². The number of ether oxygens (including phenoxy) is 2. The van der Waals surface area contributed by atoms with E-state index < -0.39 is 5.97 Å². The van der Waals surface area contributed by atoms with Crippen LogP contribution in [0.4, 0.5) is 0 Å². The van der Waals surface area contributed by atoms with Gasteiger partial charge in [-0.15, -0.1) is 11.3 Å². The van der Waals surface area contributed by atoms with Gasteiger partial charge in [-0.2, -0.15) is 5.10 Å². The second-order valence-corrected chi connectivity index (χ2v) is 7.43. The van der Waals surface area contributed by atoms with E-state index in [1.807, 2.05) is 29.8 Å². The van der Waals surface area contributed by atoms with Gasteiger partial charge in [0.15, 0.2) is 0 Å². The van der Waals surface area contributed by atoms with Crippen molar-refractivity contribution in [3.63, 3.8) is 0 Å². The van der Waals surface area contributed by atoms with Gasteiger partial charge < -0.3 is 9.47 Å². The van der Waals surface area contributed by atoms with Crippen molar-refractivity contribution in [1.82, 2.24) is 14.8 Å². The monoisotopic (exact) mass is 425 g/mol. The number of rotatable bonds is 7. The first kappa shape index (κ1) is 19.2. The van der Waals surface area contributed by atoms with Crippen LogP contribution in [0, 0.1) is 0 Å². The molecule has 0 aliphatic heterocycles. The average Bonchev–Trinajstić information content (AvgIpc) is 3.44. The molecule has 6 nitrogen and oxygen atoms in total. The molecular formula is C21H16ClN3O3S. The van der Waals surface area contributed by atoms with E-state index >= 15 is 0 Å². The third-order valence-electron chi connectivity index (χ3n) is 4.00. The van der Waals surface area contributed by atoms with Gasteiger partial charge in [0, 0.05) is 22.8 Å². The zero-order valence-corrected chi connectivity index (χ0v) is 16.8. The summed E-state index contributed by atoms with van der Waals surface area (Å²) < 4.78 is 12.8. The van der Waals surface area contributed by atoms with Crippen molar-refractivity contribution in [3.05, 3.63) is 93.7 Å². The number of esters is 1. The number of aromatic nitrogens is 3. The SMILES string of the molecule is O=C(OCc1csc(COc2ccc(Cl)cc2)n1)c1ccc(-n2cccn2)cc1. The van der Waals surface area contributed by atoms with Crippen LogP contribution in [0.15, 0.2) is 72.4 Å². The van der Waals surface area contributed by atoms with Crippen molar-refractivity contribution in [2.45, 2.75) is 13.2 Å². The first-order valence-electron chi connectivity index (χ1n) is 8.76. The van der Waals surface area contributed by atoms with Crippen LogP contribution in [-0.4, -0.2) is 20.7 Å². The highest BCUT2D eigenvalue weighted by atomic mass is 35.5. The molecule has 0 saturated carbocycles. The van der Waals surface area contributed by atoms with Crippen LogP contribution in [0.2, 0.25) is 5.02 Å². The molecule has 0 fully saturated rings. The number of thiazole rings is 1. The zero-order valence-electron chi connectivity index (χ0n) is 15.2. The van der Waals surface area contributed by atoms with Crippen LogP contribution in [0.1, 0.15) is 21.1 Å². The second kappa shape index (κ2) is 8.89. The van der Waals surface area contributed by atoms with Gasteiger partial charge in [0.2, 0.25) is 0 Å². The largest absolute Gasteiger partial charge is 0.486 e. The Labute approximate surface area is 176 Å². The number of carbonyl (C=O) groups excluding carboxylic acids is 1. The Balaban J connectivity index is 1.29. The maximum absolute atomic E-state index is 12.3. The van der Waals surface area contributed by atoms with Crippen LogP contribution >= 0.6 is 22.9 Å². The van der Waals surface area contributed by atoms with Crippen molar-refractivity contribution in [3.8, 4) is 11.4 Å². The number of halogens is 1. The normalized spacial score (nSPS) is 10.7. The predicted molar refractivity (Wildman–Crippen MR) is 111 cm³/mol. The van der Waals surface area contributed by atoms with Gasteiger partial charge in [0.1, 0.15) is 24.0 Å². The van der Waals surface area contributed by atoms with E-state index in [-0.39, 0.29) is 6.61 Å². The van der Waals surface area contributed by atoms with Gasteiger partial charge in [-0.3, -0.25) is 0 Å². The Morgan fingerprint density at radius 2 is 1.86 bits per heavy atom. The van der Waals surface area contributed by atoms with Crippen LogP contribution in [-0.2, 0) is 18.0 Å². The Morgan fingerprint density at radius 1 is 1.07 bits per heavy atom. The minimum atomic E-state index is -0.399. The Morgan fingerprint density at radius 3 is 2.59 bits per heavy atom. The molecule has 0 bridgehead atoms. The zero-order chi connectivity index (χ0) is 20.1. The maximum atomic E-state index is 12.3. The summed E-state index contributed by atoms with van der Waals surface area (Å²) in [5, 5.41) is 7.47. The number of benzene rings is 2. The molecule has 0 amide bonds. The summed E-state index contributed by atoms with van der Waals surface area (Å²) in [6, 6.07) is 16.0. The quantitative estimate of drug-likeness (QED) is 0.393. The summed E-state index contributed by atoms with van der Waals surface area (Å²) >= 11 is 7.31. The Hall–Kier alpha value is -3.16. The third kappa shape index (κ3) is 5.01. The standard InChI is InChI=1S/C21H16ClN3O3S/c22-16-4-8-19(9-5-16)27-13-20-24-17(14-29-20)12-28-21(26)15-2-6-18(7-3-15)25-11-1-10-23-25/h1-11,14H,12-13H2. The number of carbonyl (C=O) groups is 1. The van der Waals surface area contributed by atoms with E-state index in [1.165, 1.54) is 11.3 Å². The Kier molecular flexibility index (Phi) is 5.88. The molecule has 4 rings (SSSR count). The fraction of sp³-hybridized carbons (Fsp3) is 0.0952. The molecule has 146 valence electrons. The number of hydrogen-bond donors (Lipinski definition) is 0. The topological polar surface area (TPSA) is 66.2 Å². The summed E-state index contributed by atoms with van der Waals surface area (Å²) in [5.74, 6) is 0.320. The van der Waals surface area contributed by atoms with E-state index in [1.54, 1.807) is 47.3 Å². The van der Waals surface area contributed by atoms with Crippen LogP contribution in [0.5, 0.6) is 5.75 Å². The van der Waals surface area contributed by atoms with Crippen molar-refractivity contribution >= 4 is 28.9 Å². The number of hydrogen-bond acceptors (Lipinski definition) is 6.